The van der Waals surface area contributed by atoms with E-state index in [0.29, 0.717) is 11.3 Å². The minimum Gasteiger partial charge on any atom is -0.285 e. The van der Waals surface area contributed by atoms with E-state index in [2.05, 4.69) is 14.7 Å². The van der Waals surface area contributed by atoms with Gasteiger partial charge in [0.2, 0.25) is 0 Å². The van der Waals surface area contributed by atoms with Gasteiger partial charge in [-0.15, -0.1) is 0 Å². The normalized spacial score (nSPS) is 17.6. The predicted molar refractivity (Wildman–Crippen MR) is 46.1 cm³/mol. The zero-order valence-corrected chi connectivity index (χ0v) is 7.67. The average molecular weight is 197 g/mol. The van der Waals surface area contributed by atoms with Crippen molar-refractivity contribution in [1.82, 2.24) is 14.7 Å². The summed E-state index contributed by atoms with van der Waals surface area (Å²) in [6, 6.07) is 0. The van der Waals surface area contributed by atoms with E-state index in [1.807, 2.05) is 0 Å². The van der Waals surface area contributed by atoms with Gasteiger partial charge in [-0.25, -0.2) is 9.97 Å². The lowest BCUT2D eigenvalue weighted by molar-refractivity contribution is 0.584. The van der Waals surface area contributed by atoms with Gasteiger partial charge in [0, 0.05) is 17.5 Å². The van der Waals surface area contributed by atoms with Crippen LogP contribution in [0.25, 0.3) is 6.08 Å². The number of aromatic nitrogens is 2. The smallest absolute Gasteiger partial charge is 0.279 e. The lowest BCUT2D eigenvalue weighted by Crippen LogP contribution is -2.23. The highest BCUT2D eigenvalue weighted by atomic mass is 32.2. The summed E-state index contributed by atoms with van der Waals surface area (Å²) in [6.07, 6.45) is 4.26. The first kappa shape index (κ1) is 8.18. The standard InChI is InChI=1S/C7H7N3O2S/c1-5-6-2-3-10-13(11,12)7(6)9-4-8-5/h2-4,10H,1H3. The molecule has 0 bridgehead atoms. The average Bonchev–Trinajstić information content (AvgIpc) is 2.06. The summed E-state index contributed by atoms with van der Waals surface area (Å²) < 4.78 is 25.0. The van der Waals surface area contributed by atoms with E-state index in [-0.39, 0.29) is 5.03 Å². The lowest BCUT2D eigenvalue weighted by atomic mass is 10.2. The van der Waals surface area contributed by atoms with Crippen LogP contribution in [-0.4, -0.2) is 18.4 Å². The molecule has 1 aromatic rings. The molecule has 68 valence electrons. The number of nitrogens with one attached hydrogen (secondary N) is 1. The molecule has 1 N–H and O–H groups in total. The topological polar surface area (TPSA) is 72.0 Å². The Kier molecular flexibility index (Phi) is 1.59. The van der Waals surface area contributed by atoms with E-state index in [1.165, 1.54) is 12.5 Å². The Balaban J connectivity index is 2.82. The van der Waals surface area contributed by atoms with Crippen LogP contribution in [0.5, 0.6) is 0 Å². The largest absolute Gasteiger partial charge is 0.285 e. The zero-order valence-electron chi connectivity index (χ0n) is 6.85. The lowest BCUT2D eigenvalue weighted by Gasteiger charge is -2.11. The van der Waals surface area contributed by atoms with Crippen LogP contribution in [0.15, 0.2) is 17.6 Å². The first-order valence-corrected chi connectivity index (χ1v) is 5.10. The Labute approximate surface area is 75.6 Å². The number of fused-ring (bicyclic) bond motifs is 1. The first-order valence-electron chi connectivity index (χ1n) is 3.62. The SMILES string of the molecule is Cc1ncnc2c1C=CNS2(=O)=O. The molecule has 5 nitrogen and oxygen atoms in total. The molecule has 0 aliphatic carbocycles. The molecular weight excluding hydrogens is 190 g/mol. The summed E-state index contributed by atoms with van der Waals surface area (Å²) in [7, 11) is -3.45. The van der Waals surface area contributed by atoms with Crippen LogP contribution in [0.1, 0.15) is 11.3 Å². The third kappa shape index (κ3) is 1.19. The van der Waals surface area contributed by atoms with Gasteiger partial charge in [0.15, 0.2) is 5.03 Å². The molecule has 0 unspecified atom stereocenters. The fraction of sp³-hybridized carbons (Fsp3) is 0.143. The molecule has 2 heterocycles. The highest BCUT2D eigenvalue weighted by Gasteiger charge is 2.22. The number of hydrogen-bond acceptors (Lipinski definition) is 4. The fourth-order valence-corrected chi connectivity index (χ4v) is 2.18. The minimum absolute atomic E-state index is 0.0440. The number of rotatable bonds is 0. The van der Waals surface area contributed by atoms with Gasteiger partial charge in [0.25, 0.3) is 10.0 Å². The van der Waals surface area contributed by atoms with Gasteiger partial charge < -0.3 is 0 Å². The summed E-state index contributed by atoms with van der Waals surface area (Å²) >= 11 is 0. The molecule has 2 rings (SSSR count). The third-order valence-electron chi connectivity index (χ3n) is 1.77. The summed E-state index contributed by atoms with van der Waals surface area (Å²) in [6.45, 7) is 1.74. The predicted octanol–water partition coefficient (Wildman–Crippen LogP) is 0.0476. The minimum atomic E-state index is -3.45. The van der Waals surface area contributed by atoms with E-state index in [9.17, 15) is 8.42 Å². The highest BCUT2D eigenvalue weighted by molar-refractivity contribution is 7.89. The summed E-state index contributed by atoms with van der Waals surface area (Å²) in [4.78, 5) is 7.62. The molecule has 6 heteroatoms. The second-order valence-electron chi connectivity index (χ2n) is 2.63. The Hall–Kier alpha value is -1.43. The summed E-state index contributed by atoms with van der Waals surface area (Å²) in [5, 5.41) is 0.0440. The number of hydrogen-bond donors (Lipinski definition) is 1. The molecule has 0 aromatic carbocycles. The number of nitrogens with zero attached hydrogens (tertiary/aromatic N) is 2. The van der Waals surface area contributed by atoms with Crippen LogP contribution in [0, 0.1) is 6.92 Å². The van der Waals surface area contributed by atoms with E-state index < -0.39 is 10.0 Å². The maximum Gasteiger partial charge on any atom is 0.279 e. The molecule has 0 spiro atoms. The Bertz CT molecular complexity index is 479. The first-order chi connectivity index (χ1) is 6.11. The molecule has 0 radical (unpaired) electrons. The molecule has 0 amide bonds. The van der Waals surface area contributed by atoms with Gasteiger partial charge in [0.1, 0.15) is 6.33 Å². The van der Waals surface area contributed by atoms with E-state index >= 15 is 0 Å². The monoisotopic (exact) mass is 197 g/mol. The fourth-order valence-electron chi connectivity index (χ4n) is 1.13. The van der Waals surface area contributed by atoms with Crippen LogP contribution in [-0.2, 0) is 10.0 Å². The van der Waals surface area contributed by atoms with Crippen molar-refractivity contribution in [1.29, 1.82) is 0 Å². The van der Waals surface area contributed by atoms with Crippen LogP contribution in [0.4, 0.5) is 0 Å². The van der Waals surface area contributed by atoms with Gasteiger partial charge in [-0.2, -0.15) is 8.42 Å². The Morgan fingerprint density at radius 1 is 1.38 bits per heavy atom. The van der Waals surface area contributed by atoms with Gasteiger partial charge in [0.05, 0.1) is 0 Å². The van der Waals surface area contributed by atoms with Crippen LogP contribution >= 0.6 is 0 Å². The summed E-state index contributed by atoms with van der Waals surface area (Å²) in [5.41, 5.74) is 1.22. The summed E-state index contributed by atoms with van der Waals surface area (Å²) in [5.74, 6) is 0. The molecule has 0 saturated carbocycles. The van der Waals surface area contributed by atoms with Crippen molar-refractivity contribution in [2.75, 3.05) is 0 Å². The molecule has 13 heavy (non-hydrogen) atoms. The van der Waals surface area contributed by atoms with E-state index in [4.69, 9.17) is 0 Å². The number of aryl methyl sites for hydroxylation is 1. The quantitative estimate of drug-likeness (QED) is 0.596. The van der Waals surface area contributed by atoms with Gasteiger partial charge >= 0.3 is 0 Å². The third-order valence-corrected chi connectivity index (χ3v) is 3.06. The highest BCUT2D eigenvalue weighted by Crippen LogP contribution is 2.19. The van der Waals surface area contributed by atoms with E-state index in [0.717, 1.165) is 0 Å². The Morgan fingerprint density at radius 2 is 2.15 bits per heavy atom. The van der Waals surface area contributed by atoms with Crippen molar-refractivity contribution in [2.45, 2.75) is 11.9 Å². The molecule has 0 saturated heterocycles. The van der Waals surface area contributed by atoms with Gasteiger partial charge in [-0.05, 0) is 13.0 Å². The van der Waals surface area contributed by atoms with Crippen LogP contribution in [0.3, 0.4) is 0 Å². The molecule has 0 atom stereocenters. The second-order valence-corrected chi connectivity index (χ2v) is 4.26. The Morgan fingerprint density at radius 3 is 2.85 bits per heavy atom. The van der Waals surface area contributed by atoms with Crippen LogP contribution < -0.4 is 4.72 Å². The van der Waals surface area contributed by atoms with Crippen molar-refractivity contribution < 1.29 is 8.42 Å². The van der Waals surface area contributed by atoms with Crippen molar-refractivity contribution in [2.24, 2.45) is 0 Å². The van der Waals surface area contributed by atoms with Crippen molar-refractivity contribution in [3.05, 3.63) is 23.8 Å². The van der Waals surface area contributed by atoms with Crippen LogP contribution in [0.2, 0.25) is 0 Å². The van der Waals surface area contributed by atoms with Gasteiger partial charge in [-0.3, -0.25) is 4.72 Å². The van der Waals surface area contributed by atoms with Crippen molar-refractivity contribution in [3.63, 3.8) is 0 Å². The molecule has 1 aliphatic rings. The molecular formula is C7H7N3O2S. The van der Waals surface area contributed by atoms with Crippen molar-refractivity contribution in [3.8, 4) is 0 Å². The molecule has 1 aromatic heterocycles. The van der Waals surface area contributed by atoms with Gasteiger partial charge in [-0.1, -0.05) is 0 Å². The van der Waals surface area contributed by atoms with E-state index in [1.54, 1.807) is 13.0 Å². The number of sulfonamides is 1. The second kappa shape index (κ2) is 2.53. The molecule has 0 fully saturated rings. The maximum absolute atomic E-state index is 11.4. The maximum atomic E-state index is 11.4. The zero-order chi connectivity index (χ0) is 9.47. The molecule has 1 aliphatic heterocycles. The van der Waals surface area contributed by atoms with Crippen molar-refractivity contribution >= 4 is 16.1 Å².